The van der Waals surface area contributed by atoms with Crippen LogP contribution in [0.25, 0.3) is 0 Å². The SMILES string of the molecule is O=S1(=O)CCC(CNS(=O)(=O)c2ccc3c(c2)OCCCO3)C1. The Morgan fingerprint density at radius 2 is 1.91 bits per heavy atom. The lowest BCUT2D eigenvalue weighted by molar-refractivity contribution is 0.297. The number of fused-ring (bicyclic) bond motifs is 1. The smallest absolute Gasteiger partial charge is 0.240 e. The van der Waals surface area contributed by atoms with Crippen LogP contribution in [0.5, 0.6) is 11.5 Å². The summed E-state index contributed by atoms with van der Waals surface area (Å²) in [5.74, 6) is 0.937. The third-order valence-electron chi connectivity index (χ3n) is 3.92. The molecular formula is C14H19NO6S2. The second kappa shape index (κ2) is 6.29. The monoisotopic (exact) mass is 361 g/mol. The molecule has 0 amide bonds. The molecule has 23 heavy (non-hydrogen) atoms. The van der Waals surface area contributed by atoms with Crippen LogP contribution >= 0.6 is 0 Å². The number of ether oxygens (including phenoxy) is 2. The topological polar surface area (TPSA) is 98.8 Å². The predicted octanol–water partition coefficient (Wildman–Crippen LogP) is 0.561. The van der Waals surface area contributed by atoms with Gasteiger partial charge in [-0.2, -0.15) is 0 Å². The maximum Gasteiger partial charge on any atom is 0.240 e. The van der Waals surface area contributed by atoms with E-state index in [-0.39, 0.29) is 28.9 Å². The highest BCUT2D eigenvalue weighted by Gasteiger charge is 2.29. The van der Waals surface area contributed by atoms with E-state index in [9.17, 15) is 16.8 Å². The van der Waals surface area contributed by atoms with Crippen LogP contribution < -0.4 is 14.2 Å². The van der Waals surface area contributed by atoms with Crippen molar-refractivity contribution in [3.05, 3.63) is 18.2 Å². The zero-order chi connectivity index (χ0) is 16.5. The number of sulfone groups is 1. The van der Waals surface area contributed by atoms with E-state index in [1.54, 1.807) is 6.07 Å². The average Bonchev–Trinajstić information content (AvgIpc) is 2.71. The molecule has 3 rings (SSSR count). The van der Waals surface area contributed by atoms with Gasteiger partial charge in [-0.05, 0) is 24.5 Å². The quantitative estimate of drug-likeness (QED) is 0.841. The van der Waals surface area contributed by atoms with Gasteiger partial charge >= 0.3 is 0 Å². The van der Waals surface area contributed by atoms with Crippen LogP contribution in [0.1, 0.15) is 12.8 Å². The molecule has 1 fully saturated rings. The molecule has 1 aromatic rings. The minimum absolute atomic E-state index is 0.0384. The molecule has 1 unspecified atom stereocenters. The van der Waals surface area contributed by atoms with Gasteiger partial charge in [0.2, 0.25) is 10.0 Å². The average molecular weight is 361 g/mol. The summed E-state index contributed by atoms with van der Waals surface area (Å²) in [6.45, 7) is 1.13. The Kier molecular flexibility index (Phi) is 4.52. The number of sulfonamides is 1. The van der Waals surface area contributed by atoms with Crippen LogP contribution in [0.4, 0.5) is 0 Å². The highest BCUT2D eigenvalue weighted by Crippen LogP contribution is 2.32. The fourth-order valence-corrected chi connectivity index (χ4v) is 5.65. The van der Waals surface area contributed by atoms with Crippen molar-refractivity contribution in [1.82, 2.24) is 4.72 Å². The summed E-state index contributed by atoms with van der Waals surface area (Å²) in [5, 5.41) is 0. The first kappa shape index (κ1) is 16.5. The van der Waals surface area contributed by atoms with Crippen LogP contribution in [0.15, 0.2) is 23.1 Å². The third-order valence-corrected chi connectivity index (χ3v) is 7.18. The Morgan fingerprint density at radius 1 is 1.17 bits per heavy atom. The molecule has 0 spiro atoms. The molecule has 0 saturated carbocycles. The van der Waals surface area contributed by atoms with Gasteiger partial charge in [0, 0.05) is 19.0 Å². The molecule has 1 aromatic carbocycles. The molecule has 1 N–H and O–H groups in total. The van der Waals surface area contributed by atoms with Crippen LogP contribution in [-0.4, -0.2) is 48.1 Å². The van der Waals surface area contributed by atoms with E-state index in [0.717, 1.165) is 6.42 Å². The summed E-state index contributed by atoms with van der Waals surface area (Å²) < 4.78 is 61.0. The van der Waals surface area contributed by atoms with Crippen molar-refractivity contribution in [2.75, 3.05) is 31.3 Å². The number of hydrogen-bond donors (Lipinski definition) is 1. The van der Waals surface area contributed by atoms with E-state index in [2.05, 4.69) is 4.72 Å². The number of nitrogens with one attached hydrogen (secondary N) is 1. The van der Waals surface area contributed by atoms with Crippen molar-refractivity contribution in [3.63, 3.8) is 0 Å². The van der Waals surface area contributed by atoms with Gasteiger partial charge in [0.25, 0.3) is 0 Å². The molecule has 1 saturated heterocycles. The maximum atomic E-state index is 12.4. The first-order valence-corrected chi connectivity index (χ1v) is 10.8. The first-order chi connectivity index (χ1) is 10.9. The summed E-state index contributed by atoms with van der Waals surface area (Å²) in [6, 6.07) is 4.48. The molecule has 128 valence electrons. The summed E-state index contributed by atoms with van der Waals surface area (Å²) in [7, 11) is -6.73. The largest absolute Gasteiger partial charge is 0.490 e. The summed E-state index contributed by atoms with van der Waals surface area (Å²) in [4.78, 5) is 0.0857. The van der Waals surface area contributed by atoms with Crippen molar-refractivity contribution in [3.8, 4) is 11.5 Å². The molecule has 0 bridgehead atoms. The molecule has 2 aliphatic rings. The normalized spacial score (nSPS) is 23.4. The zero-order valence-corrected chi connectivity index (χ0v) is 14.2. The fraction of sp³-hybridized carbons (Fsp3) is 0.571. The van der Waals surface area contributed by atoms with E-state index in [4.69, 9.17) is 9.47 Å². The Balaban J connectivity index is 1.71. The Morgan fingerprint density at radius 3 is 2.61 bits per heavy atom. The van der Waals surface area contributed by atoms with E-state index >= 15 is 0 Å². The maximum absolute atomic E-state index is 12.4. The molecular weight excluding hydrogens is 342 g/mol. The lowest BCUT2D eigenvalue weighted by atomic mass is 10.1. The van der Waals surface area contributed by atoms with E-state index in [1.807, 2.05) is 0 Å². The Labute approximate surface area is 136 Å². The molecule has 0 aromatic heterocycles. The zero-order valence-electron chi connectivity index (χ0n) is 12.5. The van der Waals surface area contributed by atoms with Crippen molar-refractivity contribution in [1.29, 1.82) is 0 Å². The Hall–Kier alpha value is -1.32. The van der Waals surface area contributed by atoms with Crippen LogP contribution in [-0.2, 0) is 19.9 Å². The van der Waals surface area contributed by atoms with Crippen molar-refractivity contribution >= 4 is 19.9 Å². The van der Waals surface area contributed by atoms with Crippen LogP contribution in [0.3, 0.4) is 0 Å². The van der Waals surface area contributed by atoms with E-state index in [1.165, 1.54) is 12.1 Å². The van der Waals surface area contributed by atoms with Gasteiger partial charge in [0.1, 0.15) is 0 Å². The molecule has 2 heterocycles. The molecule has 1 atom stereocenters. The summed E-state index contributed by atoms with van der Waals surface area (Å²) in [5.41, 5.74) is 0. The summed E-state index contributed by atoms with van der Waals surface area (Å²) in [6.07, 6.45) is 1.23. The van der Waals surface area contributed by atoms with Crippen LogP contribution in [0, 0.1) is 5.92 Å². The molecule has 0 aliphatic carbocycles. The molecule has 0 radical (unpaired) electrons. The predicted molar refractivity (Wildman–Crippen MR) is 84.0 cm³/mol. The Bertz CT molecular complexity index is 787. The number of rotatable bonds is 4. The highest BCUT2D eigenvalue weighted by atomic mass is 32.2. The minimum atomic E-state index is -3.71. The lowest BCUT2D eigenvalue weighted by Gasteiger charge is -2.12. The van der Waals surface area contributed by atoms with Gasteiger partial charge in [-0.3, -0.25) is 0 Å². The first-order valence-electron chi connectivity index (χ1n) is 7.45. The fourth-order valence-electron chi connectivity index (χ4n) is 2.65. The van der Waals surface area contributed by atoms with Gasteiger partial charge in [-0.25, -0.2) is 21.6 Å². The molecule has 7 nitrogen and oxygen atoms in total. The number of benzene rings is 1. The van der Waals surface area contributed by atoms with Gasteiger partial charge in [0.05, 0.1) is 29.6 Å². The van der Waals surface area contributed by atoms with Crippen molar-refractivity contribution < 1.29 is 26.3 Å². The minimum Gasteiger partial charge on any atom is -0.490 e. The van der Waals surface area contributed by atoms with Gasteiger partial charge in [-0.15, -0.1) is 0 Å². The molecule has 2 aliphatic heterocycles. The van der Waals surface area contributed by atoms with Gasteiger partial charge in [-0.1, -0.05) is 0 Å². The van der Waals surface area contributed by atoms with E-state index in [0.29, 0.717) is 31.1 Å². The third kappa shape index (κ3) is 3.96. The summed E-state index contributed by atoms with van der Waals surface area (Å²) >= 11 is 0. The van der Waals surface area contributed by atoms with Gasteiger partial charge in [0.15, 0.2) is 21.3 Å². The number of hydrogen-bond acceptors (Lipinski definition) is 6. The van der Waals surface area contributed by atoms with E-state index < -0.39 is 19.9 Å². The van der Waals surface area contributed by atoms with Crippen molar-refractivity contribution in [2.45, 2.75) is 17.7 Å². The highest BCUT2D eigenvalue weighted by molar-refractivity contribution is 7.91. The second-order valence-corrected chi connectivity index (χ2v) is 9.78. The molecule has 9 heteroatoms. The van der Waals surface area contributed by atoms with Crippen LogP contribution in [0.2, 0.25) is 0 Å². The second-order valence-electron chi connectivity index (χ2n) is 5.78. The standard InChI is InChI=1S/C14H19NO6S2/c16-22(17)7-4-11(10-22)9-15-23(18,19)12-2-3-13-14(8-12)21-6-1-5-20-13/h2-3,8,11,15H,1,4-7,9-10H2. The van der Waals surface area contributed by atoms with Crippen molar-refractivity contribution in [2.24, 2.45) is 5.92 Å². The van der Waals surface area contributed by atoms with Gasteiger partial charge < -0.3 is 9.47 Å². The lowest BCUT2D eigenvalue weighted by Crippen LogP contribution is -2.30.